The minimum absolute atomic E-state index is 0. The Labute approximate surface area is 162 Å². The van der Waals surface area contributed by atoms with E-state index in [-0.39, 0.29) is 18.3 Å². The quantitative estimate of drug-likeness (QED) is 0.740. The molecule has 0 aliphatic carbocycles. The summed E-state index contributed by atoms with van der Waals surface area (Å²) in [5.41, 5.74) is 2.00. The number of morpholine rings is 1. The number of nitrogens with zero attached hydrogens (tertiary/aromatic N) is 1. The summed E-state index contributed by atoms with van der Waals surface area (Å²) in [6.07, 6.45) is 0.825. The summed E-state index contributed by atoms with van der Waals surface area (Å²) in [6.45, 7) is 7.16. The third-order valence-electron chi connectivity index (χ3n) is 5.13. The highest BCUT2D eigenvalue weighted by Gasteiger charge is 2.41. The largest absolute Gasteiger partial charge is 0.384 e. The molecule has 26 heavy (non-hydrogen) atoms. The van der Waals surface area contributed by atoms with Crippen molar-refractivity contribution in [2.75, 3.05) is 53.1 Å². The summed E-state index contributed by atoms with van der Waals surface area (Å²) in [4.78, 5) is 15.0. The van der Waals surface area contributed by atoms with Gasteiger partial charge in [0.2, 0.25) is 5.91 Å². The Kier molecular flexibility index (Phi) is 8.31. The molecule has 0 aromatic heterocycles. The Bertz CT molecular complexity index is 556. The van der Waals surface area contributed by atoms with Crippen LogP contribution >= 0.6 is 12.4 Å². The molecule has 1 atom stereocenters. The highest BCUT2D eigenvalue weighted by atomic mass is 35.5. The number of hydrogen-bond donors (Lipinski definition) is 2. The zero-order valence-corrected chi connectivity index (χ0v) is 16.3. The van der Waals surface area contributed by atoms with Crippen LogP contribution in [-0.4, -0.2) is 63.9 Å². The summed E-state index contributed by atoms with van der Waals surface area (Å²) in [5.74, 6) is 0.0803. The van der Waals surface area contributed by atoms with Gasteiger partial charge in [-0.1, -0.05) is 24.3 Å². The lowest BCUT2D eigenvalue weighted by atomic mass is 9.87. The van der Waals surface area contributed by atoms with Crippen molar-refractivity contribution in [3.05, 3.63) is 35.4 Å². The molecule has 2 saturated heterocycles. The molecule has 0 spiro atoms. The molecule has 2 aliphatic heterocycles. The van der Waals surface area contributed by atoms with E-state index in [1.807, 2.05) is 0 Å². The monoisotopic (exact) mass is 383 g/mol. The Morgan fingerprint density at radius 2 is 1.96 bits per heavy atom. The number of carbonyl (C=O) groups is 1. The van der Waals surface area contributed by atoms with Crippen LogP contribution in [0, 0.1) is 5.41 Å². The Morgan fingerprint density at radius 1 is 1.27 bits per heavy atom. The van der Waals surface area contributed by atoms with Gasteiger partial charge in [0.1, 0.15) is 0 Å². The first-order chi connectivity index (χ1) is 12.2. The summed E-state index contributed by atoms with van der Waals surface area (Å²) >= 11 is 0. The van der Waals surface area contributed by atoms with E-state index in [4.69, 9.17) is 9.47 Å². The molecule has 146 valence electrons. The fourth-order valence-corrected chi connectivity index (χ4v) is 3.55. The average molecular weight is 384 g/mol. The van der Waals surface area contributed by atoms with Crippen LogP contribution in [0.1, 0.15) is 17.5 Å². The van der Waals surface area contributed by atoms with E-state index >= 15 is 0 Å². The van der Waals surface area contributed by atoms with Crippen LogP contribution in [0.3, 0.4) is 0 Å². The van der Waals surface area contributed by atoms with Gasteiger partial charge in [-0.3, -0.25) is 9.69 Å². The summed E-state index contributed by atoms with van der Waals surface area (Å²) in [5, 5.41) is 6.35. The molecule has 0 radical (unpaired) electrons. The van der Waals surface area contributed by atoms with Crippen LogP contribution in [0.2, 0.25) is 0 Å². The lowest BCUT2D eigenvalue weighted by Crippen LogP contribution is -2.45. The summed E-state index contributed by atoms with van der Waals surface area (Å²) in [7, 11) is 1.65. The van der Waals surface area contributed by atoms with Crippen molar-refractivity contribution in [2.45, 2.75) is 19.5 Å². The average Bonchev–Trinajstić information content (AvgIpc) is 3.12. The molecule has 0 bridgehead atoms. The fourth-order valence-electron chi connectivity index (χ4n) is 3.55. The summed E-state index contributed by atoms with van der Waals surface area (Å²) < 4.78 is 10.7. The van der Waals surface area contributed by atoms with Gasteiger partial charge in [0, 0.05) is 39.8 Å². The molecular formula is C19H30ClN3O3. The first kappa shape index (κ1) is 21.1. The van der Waals surface area contributed by atoms with Crippen LogP contribution in [0.15, 0.2) is 24.3 Å². The number of ether oxygens (including phenoxy) is 2. The number of nitrogens with one attached hydrogen (secondary N) is 2. The zero-order valence-electron chi connectivity index (χ0n) is 15.5. The maximum absolute atomic E-state index is 12.6. The lowest BCUT2D eigenvalue weighted by Gasteiger charge is -2.27. The molecular weight excluding hydrogens is 354 g/mol. The fraction of sp³-hybridized carbons (Fsp3) is 0.632. The Balaban J connectivity index is 0.00000243. The number of halogens is 1. The van der Waals surface area contributed by atoms with Crippen molar-refractivity contribution in [1.82, 2.24) is 15.5 Å². The molecule has 1 aromatic rings. The van der Waals surface area contributed by atoms with E-state index in [0.717, 1.165) is 51.4 Å². The van der Waals surface area contributed by atoms with Gasteiger partial charge < -0.3 is 20.1 Å². The minimum Gasteiger partial charge on any atom is -0.384 e. The smallest absolute Gasteiger partial charge is 0.230 e. The van der Waals surface area contributed by atoms with Crippen LogP contribution in [0.5, 0.6) is 0 Å². The standard InChI is InChI=1S/C19H29N3O3.ClH/c1-24-15-19(6-7-20-14-19)18(23)21-12-16-2-4-17(5-3-16)13-22-8-10-25-11-9-22;/h2-5,20H,6-15H2,1H3,(H,21,23);1H. The minimum atomic E-state index is -0.426. The molecule has 3 rings (SSSR count). The van der Waals surface area contributed by atoms with Crippen LogP contribution < -0.4 is 10.6 Å². The molecule has 0 saturated carbocycles. The number of benzene rings is 1. The highest BCUT2D eigenvalue weighted by molar-refractivity contribution is 5.85. The second kappa shape index (κ2) is 10.2. The molecule has 1 unspecified atom stereocenters. The number of carbonyl (C=O) groups excluding carboxylic acids is 1. The van der Waals surface area contributed by atoms with Crippen molar-refractivity contribution in [3.8, 4) is 0 Å². The Morgan fingerprint density at radius 3 is 2.58 bits per heavy atom. The van der Waals surface area contributed by atoms with E-state index in [2.05, 4.69) is 39.8 Å². The van der Waals surface area contributed by atoms with Crippen molar-refractivity contribution in [3.63, 3.8) is 0 Å². The van der Waals surface area contributed by atoms with E-state index < -0.39 is 5.41 Å². The topological polar surface area (TPSA) is 62.8 Å². The van der Waals surface area contributed by atoms with Gasteiger partial charge in [0.25, 0.3) is 0 Å². The number of methoxy groups -OCH3 is 1. The third-order valence-corrected chi connectivity index (χ3v) is 5.13. The first-order valence-electron chi connectivity index (χ1n) is 9.08. The molecule has 2 fully saturated rings. The van der Waals surface area contributed by atoms with Crippen molar-refractivity contribution >= 4 is 18.3 Å². The maximum atomic E-state index is 12.6. The molecule has 6 nitrogen and oxygen atoms in total. The van der Waals surface area contributed by atoms with Gasteiger partial charge in [-0.05, 0) is 24.1 Å². The van der Waals surface area contributed by atoms with Gasteiger partial charge in [0.15, 0.2) is 0 Å². The summed E-state index contributed by atoms with van der Waals surface area (Å²) in [6, 6.07) is 8.51. The van der Waals surface area contributed by atoms with Crippen LogP contribution in [0.25, 0.3) is 0 Å². The zero-order chi connectivity index (χ0) is 17.5. The van der Waals surface area contributed by atoms with Crippen molar-refractivity contribution < 1.29 is 14.3 Å². The molecule has 1 amide bonds. The lowest BCUT2D eigenvalue weighted by molar-refractivity contribution is -0.133. The third kappa shape index (κ3) is 5.41. The second-order valence-electron chi connectivity index (χ2n) is 7.03. The molecule has 1 aromatic carbocycles. The van der Waals surface area contributed by atoms with Crippen molar-refractivity contribution in [2.24, 2.45) is 5.41 Å². The molecule has 2 N–H and O–H groups in total. The van der Waals surface area contributed by atoms with E-state index in [9.17, 15) is 4.79 Å². The van der Waals surface area contributed by atoms with Crippen molar-refractivity contribution in [1.29, 1.82) is 0 Å². The molecule has 2 aliphatic rings. The SMILES string of the molecule is COCC1(C(=O)NCc2ccc(CN3CCOCC3)cc2)CCNC1.Cl. The predicted molar refractivity (Wildman–Crippen MR) is 103 cm³/mol. The van der Waals surface area contributed by atoms with Gasteiger partial charge in [-0.15, -0.1) is 12.4 Å². The maximum Gasteiger partial charge on any atom is 0.230 e. The first-order valence-corrected chi connectivity index (χ1v) is 9.08. The van der Waals surface area contributed by atoms with Gasteiger partial charge in [0.05, 0.1) is 25.2 Å². The Hall–Kier alpha value is -1.18. The normalized spacial score (nSPS) is 23.4. The van der Waals surface area contributed by atoms with Gasteiger partial charge >= 0.3 is 0 Å². The van der Waals surface area contributed by atoms with Gasteiger partial charge in [-0.25, -0.2) is 0 Å². The number of rotatable bonds is 7. The van der Waals surface area contributed by atoms with Gasteiger partial charge in [-0.2, -0.15) is 0 Å². The number of amides is 1. The van der Waals surface area contributed by atoms with E-state index in [1.54, 1.807) is 7.11 Å². The van der Waals surface area contributed by atoms with E-state index in [1.165, 1.54) is 5.56 Å². The van der Waals surface area contributed by atoms with E-state index in [0.29, 0.717) is 19.7 Å². The second-order valence-corrected chi connectivity index (χ2v) is 7.03. The molecule has 7 heteroatoms. The number of hydrogen-bond acceptors (Lipinski definition) is 5. The predicted octanol–water partition coefficient (Wildman–Crippen LogP) is 1.18. The highest BCUT2D eigenvalue weighted by Crippen LogP contribution is 2.26. The van der Waals surface area contributed by atoms with Crippen LogP contribution in [0.4, 0.5) is 0 Å². The molecule has 2 heterocycles. The van der Waals surface area contributed by atoms with Crippen LogP contribution in [-0.2, 0) is 27.4 Å².